The van der Waals surface area contributed by atoms with E-state index in [9.17, 15) is 0 Å². The van der Waals surface area contributed by atoms with Crippen LogP contribution < -0.4 is 5.32 Å². The van der Waals surface area contributed by atoms with Gasteiger partial charge in [-0.15, -0.1) is 11.8 Å². The molecule has 0 radical (unpaired) electrons. The SMILES string of the molecule is CC1CCNc2cnccc2S1. The number of fused-ring (bicyclic) bond motifs is 1. The second-order valence-corrected chi connectivity index (χ2v) is 4.50. The van der Waals surface area contributed by atoms with E-state index < -0.39 is 0 Å². The Morgan fingerprint density at radius 3 is 3.50 bits per heavy atom. The molecule has 0 aromatic carbocycles. The molecule has 1 aliphatic rings. The first-order valence-electron chi connectivity index (χ1n) is 4.21. The molecule has 1 atom stereocenters. The first kappa shape index (κ1) is 7.92. The van der Waals surface area contributed by atoms with E-state index in [1.54, 1.807) is 0 Å². The van der Waals surface area contributed by atoms with Crippen molar-refractivity contribution in [3.05, 3.63) is 18.5 Å². The molecule has 0 spiro atoms. The molecule has 0 amide bonds. The van der Waals surface area contributed by atoms with E-state index in [0.29, 0.717) is 5.25 Å². The average Bonchev–Trinajstić information content (AvgIpc) is 2.25. The Labute approximate surface area is 76.8 Å². The van der Waals surface area contributed by atoms with Crippen molar-refractivity contribution < 1.29 is 0 Å². The quantitative estimate of drug-likeness (QED) is 0.663. The largest absolute Gasteiger partial charge is 0.383 e. The van der Waals surface area contributed by atoms with Gasteiger partial charge in [0, 0.05) is 22.9 Å². The van der Waals surface area contributed by atoms with Crippen LogP contribution in [0.2, 0.25) is 0 Å². The summed E-state index contributed by atoms with van der Waals surface area (Å²) in [5.74, 6) is 0. The molecule has 2 rings (SSSR count). The highest BCUT2D eigenvalue weighted by molar-refractivity contribution is 8.00. The summed E-state index contributed by atoms with van der Waals surface area (Å²) in [6.45, 7) is 3.33. The molecule has 2 heterocycles. The van der Waals surface area contributed by atoms with Crippen molar-refractivity contribution in [1.29, 1.82) is 0 Å². The standard InChI is InChI=1S/C9H12N2S/c1-7-2-5-11-8-6-10-4-3-9(8)12-7/h3-4,6-7,11H,2,5H2,1H3. The lowest BCUT2D eigenvalue weighted by atomic mass is 10.3. The maximum atomic E-state index is 4.09. The van der Waals surface area contributed by atoms with Gasteiger partial charge in [0.25, 0.3) is 0 Å². The van der Waals surface area contributed by atoms with E-state index in [1.807, 2.05) is 24.2 Å². The van der Waals surface area contributed by atoms with E-state index in [0.717, 1.165) is 6.54 Å². The maximum Gasteiger partial charge on any atom is 0.0664 e. The number of aromatic nitrogens is 1. The van der Waals surface area contributed by atoms with Gasteiger partial charge >= 0.3 is 0 Å². The number of hydrogen-bond donors (Lipinski definition) is 1. The molecule has 1 aromatic heterocycles. The average molecular weight is 180 g/mol. The van der Waals surface area contributed by atoms with Crippen molar-refractivity contribution in [2.24, 2.45) is 0 Å². The molecule has 1 aliphatic heterocycles. The Hall–Kier alpha value is -0.700. The van der Waals surface area contributed by atoms with Crippen LogP contribution in [0, 0.1) is 0 Å². The molecule has 3 heteroatoms. The van der Waals surface area contributed by atoms with Crippen molar-refractivity contribution in [3.63, 3.8) is 0 Å². The number of anilines is 1. The zero-order valence-electron chi connectivity index (χ0n) is 7.08. The van der Waals surface area contributed by atoms with Crippen LogP contribution in [0.15, 0.2) is 23.4 Å². The zero-order valence-corrected chi connectivity index (χ0v) is 7.90. The van der Waals surface area contributed by atoms with Gasteiger partial charge in [0.05, 0.1) is 11.9 Å². The number of thioether (sulfide) groups is 1. The van der Waals surface area contributed by atoms with Crippen molar-refractivity contribution >= 4 is 17.4 Å². The Morgan fingerprint density at radius 2 is 2.58 bits per heavy atom. The molecule has 1 unspecified atom stereocenters. The number of nitrogens with zero attached hydrogens (tertiary/aromatic N) is 1. The molecule has 1 aromatic rings. The fraction of sp³-hybridized carbons (Fsp3) is 0.444. The monoisotopic (exact) mass is 180 g/mol. The summed E-state index contributed by atoms with van der Waals surface area (Å²) in [4.78, 5) is 5.42. The molecule has 0 saturated heterocycles. The van der Waals surface area contributed by atoms with Crippen LogP contribution in [-0.2, 0) is 0 Å². The van der Waals surface area contributed by atoms with Crippen LogP contribution in [0.3, 0.4) is 0 Å². The molecular weight excluding hydrogens is 168 g/mol. The fourth-order valence-electron chi connectivity index (χ4n) is 1.30. The third-order valence-corrected chi connectivity index (χ3v) is 3.22. The predicted molar refractivity (Wildman–Crippen MR) is 52.7 cm³/mol. The number of rotatable bonds is 0. The summed E-state index contributed by atoms with van der Waals surface area (Å²) in [5.41, 5.74) is 1.19. The molecule has 12 heavy (non-hydrogen) atoms. The van der Waals surface area contributed by atoms with Crippen LogP contribution in [0.25, 0.3) is 0 Å². The van der Waals surface area contributed by atoms with Crippen LogP contribution in [0.4, 0.5) is 5.69 Å². The van der Waals surface area contributed by atoms with Crippen LogP contribution in [0.5, 0.6) is 0 Å². The summed E-state index contributed by atoms with van der Waals surface area (Å²) >= 11 is 1.93. The molecule has 64 valence electrons. The third kappa shape index (κ3) is 1.55. The van der Waals surface area contributed by atoms with Gasteiger partial charge in [-0.1, -0.05) is 6.92 Å². The summed E-state index contributed by atoms with van der Waals surface area (Å²) in [6.07, 6.45) is 4.98. The normalized spacial score (nSPS) is 22.2. The lowest BCUT2D eigenvalue weighted by molar-refractivity contribution is 0.859. The number of hydrogen-bond acceptors (Lipinski definition) is 3. The summed E-state index contributed by atoms with van der Waals surface area (Å²) in [5, 5.41) is 4.08. The summed E-state index contributed by atoms with van der Waals surface area (Å²) in [6, 6.07) is 2.08. The van der Waals surface area contributed by atoms with E-state index >= 15 is 0 Å². The maximum absolute atomic E-state index is 4.09. The van der Waals surface area contributed by atoms with Gasteiger partial charge in [-0.2, -0.15) is 0 Å². The van der Waals surface area contributed by atoms with Gasteiger partial charge in [-0.3, -0.25) is 4.98 Å². The minimum atomic E-state index is 0.709. The Kier molecular flexibility index (Phi) is 2.21. The molecule has 0 bridgehead atoms. The predicted octanol–water partition coefficient (Wildman–Crippen LogP) is 2.38. The van der Waals surface area contributed by atoms with Gasteiger partial charge in [0.15, 0.2) is 0 Å². The van der Waals surface area contributed by atoms with E-state index in [4.69, 9.17) is 0 Å². The van der Waals surface area contributed by atoms with Crippen molar-refractivity contribution in [1.82, 2.24) is 4.98 Å². The van der Waals surface area contributed by atoms with Gasteiger partial charge in [-0.25, -0.2) is 0 Å². The zero-order chi connectivity index (χ0) is 8.39. The highest BCUT2D eigenvalue weighted by atomic mass is 32.2. The number of pyridine rings is 1. The highest BCUT2D eigenvalue weighted by Crippen LogP contribution is 2.33. The van der Waals surface area contributed by atoms with E-state index in [1.165, 1.54) is 17.0 Å². The van der Waals surface area contributed by atoms with Gasteiger partial charge in [0.2, 0.25) is 0 Å². The van der Waals surface area contributed by atoms with Gasteiger partial charge in [0.1, 0.15) is 0 Å². The second-order valence-electron chi connectivity index (χ2n) is 3.02. The summed E-state index contributed by atoms with van der Waals surface area (Å²) < 4.78 is 0. The fourth-order valence-corrected chi connectivity index (χ4v) is 2.36. The van der Waals surface area contributed by atoms with Crippen LogP contribution in [-0.4, -0.2) is 16.8 Å². The second kappa shape index (κ2) is 3.35. The molecule has 0 saturated carbocycles. The smallest absolute Gasteiger partial charge is 0.0664 e. The van der Waals surface area contributed by atoms with E-state index in [2.05, 4.69) is 23.3 Å². The highest BCUT2D eigenvalue weighted by Gasteiger charge is 2.12. The van der Waals surface area contributed by atoms with Crippen molar-refractivity contribution in [2.45, 2.75) is 23.5 Å². The van der Waals surface area contributed by atoms with Crippen molar-refractivity contribution in [3.8, 4) is 0 Å². The topological polar surface area (TPSA) is 24.9 Å². The molecule has 1 N–H and O–H groups in total. The number of nitrogens with one attached hydrogen (secondary N) is 1. The minimum absolute atomic E-state index is 0.709. The lowest BCUT2D eigenvalue weighted by Gasteiger charge is -2.05. The lowest BCUT2D eigenvalue weighted by Crippen LogP contribution is -2.03. The van der Waals surface area contributed by atoms with Crippen LogP contribution >= 0.6 is 11.8 Å². The first-order chi connectivity index (χ1) is 5.86. The molecule has 0 fully saturated rings. The first-order valence-corrected chi connectivity index (χ1v) is 5.09. The Balaban J connectivity index is 2.31. The summed E-state index contributed by atoms with van der Waals surface area (Å²) in [7, 11) is 0. The van der Waals surface area contributed by atoms with Gasteiger partial charge in [-0.05, 0) is 12.5 Å². The van der Waals surface area contributed by atoms with Gasteiger partial charge < -0.3 is 5.32 Å². The Bertz CT molecular complexity index is 275. The molecule has 2 nitrogen and oxygen atoms in total. The van der Waals surface area contributed by atoms with E-state index in [-0.39, 0.29) is 0 Å². The van der Waals surface area contributed by atoms with Crippen molar-refractivity contribution in [2.75, 3.05) is 11.9 Å². The third-order valence-electron chi connectivity index (χ3n) is 1.98. The molecular formula is C9H12N2S. The Morgan fingerprint density at radius 1 is 1.67 bits per heavy atom. The minimum Gasteiger partial charge on any atom is -0.383 e. The van der Waals surface area contributed by atoms with Crippen LogP contribution in [0.1, 0.15) is 13.3 Å². The molecule has 0 aliphatic carbocycles.